The Morgan fingerprint density at radius 1 is 1.45 bits per heavy atom. The van der Waals surface area contributed by atoms with Crippen molar-refractivity contribution in [2.24, 2.45) is 11.8 Å². The summed E-state index contributed by atoms with van der Waals surface area (Å²) in [5, 5.41) is 6.27. The molecule has 1 aromatic rings. The molecule has 2 N–H and O–H groups in total. The van der Waals surface area contributed by atoms with E-state index in [1.54, 1.807) is 0 Å². The lowest BCUT2D eigenvalue weighted by Gasteiger charge is -2.26. The number of imidazole rings is 1. The quantitative estimate of drug-likeness (QED) is 0.890. The summed E-state index contributed by atoms with van der Waals surface area (Å²) in [6.07, 6.45) is 8.02. The topological polar surface area (TPSA) is 59.0 Å². The van der Waals surface area contributed by atoms with Crippen LogP contribution in [0.4, 0.5) is 5.95 Å². The smallest absolute Gasteiger partial charge is 0.271 e. The first kappa shape index (κ1) is 13.5. The molecule has 5 nitrogen and oxygen atoms in total. The van der Waals surface area contributed by atoms with Gasteiger partial charge in [0.1, 0.15) is 5.69 Å². The second kappa shape index (κ2) is 5.85. The Morgan fingerprint density at radius 2 is 2.25 bits per heavy atom. The molecule has 2 heterocycles. The van der Waals surface area contributed by atoms with Crippen LogP contribution in [-0.2, 0) is 6.54 Å². The minimum atomic E-state index is -0.0349. The zero-order valence-electron chi connectivity index (χ0n) is 12.2. The Hall–Kier alpha value is -1.52. The molecule has 1 aliphatic carbocycles. The maximum Gasteiger partial charge on any atom is 0.271 e. The number of anilines is 1. The first-order valence-electron chi connectivity index (χ1n) is 7.81. The van der Waals surface area contributed by atoms with Crippen molar-refractivity contribution in [3.05, 3.63) is 11.9 Å². The van der Waals surface area contributed by atoms with E-state index in [4.69, 9.17) is 0 Å². The summed E-state index contributed by atoms with van der Waals surface area (Å²) in [7, 11) is 0. The van der Waals surface area contributed by atoms with Gasteiger partial charge in [0, 0.05) is 25.8 Å². The minimum Gasteiger partial charge on any atom is -0.356 e. The molecule has 0 radical (unpaired) electrons. The van der Waals surface area contributed by atoms with Crippen molar-refractivity contribution in [1.82, 2.24) is 14.9 Å². The number of nitrogens with zero attached hydrogens (tertiary/aromatic N) is 2. The predicted molar refractivity (Wildman–Crippen MR) is 78.8 cm³/mol. The second-order valence-electron chi connectivity index (χ2n) is 6.26. The molecule has 3 rings (SSSR count). The van der Waals surface area contributed by atoms with Crippen LogP contribution in [0.2, 0.25) is 0 Å². The van der Waals surface area contributed by atoms with Crippen molar-refractivity contribution < 1.29 is 4.79 Å². The second-order valence-corrected chi connectivity index (χ2v) is 6.26. The SMILES string of the molecule is CC1CCC(CNC(=O)c2cn3c(n2)NCCC3)CC1. The average molecular weight is 276 g/mol. The maximum absolute atomic E-state index is 12.2. The molecule has 0 atom stereocenters. The number of rotatable bonds is 3. The fourth-order valence-corrected chi connectivity index (χ4v) is 3.15. The number of fused-ring (bicyclic) bond motifs is 1. The van der Waals surface area contributed by atoms with Gasteiger partial charge in [0.05, 0.1) is 0 Å². The number of hydrogen-bond donors (Lipinski definition) is 2. The summed E-state index contributed by atoms with van der Waals surface area (Å²) in [4.78, 5) is 16.5. The molecule has 0 spiro atoms. The highest BCUT2D eigenvalue weighted by atomic mass is 16.1. The normalized spacial score (nSPS) is 25.6. The van der Waals surface area contributed by atoms with E-state index in [0.29, 0.717) is 11.6 Å². The summed E-state index contributed by atoms with van der Waals surface area (Å²) >= 11 is 0. The molecular formula is C15H24N4O. The molecule has 0 unspecified atom stereocenters. The van der Waals surface area contributed by atoms with E-state index in [-0.39, 0.29) is 5.91 Å². The zero-order chi connectivity index (χ0) is 13.9. The number of aromatic nitrogens is 2. The van der Waals surface area contributed by atoms with E-state index in [1.807, 2.05) is 10.8 Å². The molecule has 1 aliphatic heterocycles. The molecular weight excluding hydrogens is 252 g/mol. The number of hydrogen-bond acceptors (Lipinski definition) is 3. The lowest BCUT2D eigenvalue weighted by molar-refractivity contribution is 0.0937. The van der Waals surface area contributed by atoms with Crippen molar-refractivity contribution in [3.63, 3.8) is 0 Å². The molecule has 110 valence electrons. The first-order chi connectivity index (χ1) is 9.72. The van der Waals surface area contributed by atoms with Gasteiger partial charge in [-0.1, -0.05) is 19.8 Å². The predicted octanol–water partition coefficient (Wildman–Crippen LogP) is 2.25. The summed E-state index contributed by atoms with van der Waals surface area (Å²) < 4.78 is 2.03. The Kier molecular flexibility index (Phi) is 3.94. The van der Waals surface area contributed by atoms with E-state index in [9.17, 15) is 4.79 Å². The van der Waals surface area contributed by atoms with Crippen LogP contribution in [0, 0.1) is 11.8 Å². The van der Waals surface area contributed by atoms with Crippen molar-refractivity contribution in [3.8, 4) is 0 Å². The monoisotopic (exact) mass is 276 g/mol. The van der Waals surface area contributed by atoms with E-state index in [2.05, 4.69) is 22.5 Å². The largest absolute Gasteiger partial charge is 0.356 e. The number of carbonyl (C=O) groups excluding carboxylic acids is 1. The third-order valence-electron chi connectivity index (χ3n) is 4.55. The molecule has 20 heavy (non-hydrogen) atoms. The highest BCUT2D eigenvalue weighted by Crippen LogP contribution is 2.27. The van der Waals surface area contributed by atoms with Crippen molar-refractivity contribution >= 4 is 11.9 Å². The van der Waals surface area contributed by atoms with Crippen molar-refractivity contribution in [2.75, 3.05) is 18.4 Å². The molecule has 2 aliphatic rings. The van der Waals surface area contributed by atoms with E-state index >= 15 is 0 Å². The van der Waals surface area contributed by atoms with Crippen LogP contribution in [0.3, 0.4) is 0 Å². The van der Waals surface area contributed by atoms with Gasteiger partial charge in [-0.15, -0.1) is 0 Å². The zero-order valence-corrected chi connectivity index (χ0v) is 12.2. The summed E-state index contributed by atoms with van der Waals surface area (Å²) in [6, 6.07) is 0. The van der Waals surface area contributed by atoms with Crippen LogP contribution < -0.4 is 10.6 Å². The standard InChI is InChI=1S/C15H24N4O/c1-11-3-5-12(6-4-11)9-17-14(20)13-10-19-8-2-7-16-15(19)18-13/h10-12H,2-9H2,1H3,(H,16,18)(H,17,20). The van der Waals surface area contributed by atoms with Gasteiger partial charge in [0.2, 0.25) is 5.95 Å². The lowest BCUT2D eigenvalue weighted by atomic mass is 9.83. The average Bonchev–Trinajstić information content (AvgIpc) is 2.90. The molecule has 5 heteroatoms. The van der Waals surface area contributed by atoms with Crippen LogP contribution in [-0.4, -0.2) is 28.5 Å². The first-order valence-corrected chi connectivity index (χ1v) is 7.81. The molecule has 1 fully saturated rings. The highest BCUT2D eigenvalue weighted by molar-refractivity contribution is 5.92. The van der Waals surface area contributed by atoms with Crippen LogP contribution in [0.1, 0.15) is 49.5 Å². The van der Waals surface area contributed by atoms with E-state index < -0.39 is 0 Å². The third-order valence-corrected chi connectivity index (χ3v) is 4.55. The van der Waals surface area contributed by atoms with Crippen LogP contribution >= 0.6 is 0 Å². The summed E-state index contributed by atoms with van der Waals surface area (Å²) in [5.74, 6) is 2.29. The van der Waals surface area contributed by atoms with E-state index in [1.165, 1.54) is 25.7 Å². The summed E-state index contributed by atoms with van der Waals surface area (Å²) in [5.41, 5.74) is 0.540. The van der Waals surface area contributed by atoms with Gasteiger partial charge < -0.3 is 15.2 Å². The van der Waals surface area contributed by atoms with Gasteiger partial charge in [0.25, 0.3) is 5.91 Å². The van der Waals surface area contributed by atoms with Gasteiger partial charge >= 0.3 is 0 Å². The molecule has 0 saturated heterocycles. The molecule has 1 aromatic heterocycles. The Morgan fingerprint density at radius 3 is 3.00 bits per heavy atom. The molecule has 0 aromatic carbocycles. The molecule has 1 amide bonds. The summed E-state index contributed by atoms with van der Waals surface area (Å²) in [6.45, 7) is 5.00. The number of aryl methyl sites for hydroxylation is 1. The van der Waals surface area contributed by atoms with Crippen LogP contribution in [0.25, 0.3) is 0 Å². The van der Waals surface area contributed by atoms with E-state index in [0.717, 1.165) is 37.9 Å². The fourth-order valence-electron chi connectivity index (χ4n) is 3.15. The van der Waals surface area contributed by atoms with Gasteiger partial charge in [-0.3, -0.25) is 4.79 Å². The number of carbonyl (C=O) groups is 1. The van der Waals surface area contributed by atoms with Crippen molar-refractivity contribution in [2.45, 2.75) is 45.6 Å². The Bertz CT molecular complexity index is 451. The van der Waals surface area contributed by atoms with Gasteiger partial charge in [-0.25, -0.2) is 4.98 Å². The third kappa shape index (κ3) is 2.97. The Balaban J connectivity index is 1.52. The molecule has 1 saturated carbocycles. The molecule has 0 bridgehead atoms. The van der Waals surface area contributed by atoms with Crippen LogP contribution in [0.15, 0.2) is 6.20 Å². The number of nitrogens with one attached hydrogen (secondary N) is 2. The van der Waals surface area contributed by atoms with Crippen molar-refractivity contribution in [1.29, 1.82) is 0 Å². The lowest BCUT2D eigenvalue weighted by Crippen LogP contribution is -2.31. The van der Waals surface area contributed by atoms with Crippen LogP contribution in [0.5, 0.6) is 0 Å². The highest BCUT2D eigenvalue weighted by Gasteiger charge is 2.20. The number of amides is 1. The van der Waals surface area contributed by atoms with Gasteiger partial charge in [-0.2, -0.15) is 0 Å². The minimum absolute atomic E-state index is 0.0349. The maximum atomic E-state index is 12.2. The van der Waals surface area contributed by atoms with Gasteiger partial charge in [0.15, 0.2) is 0 Å². The fraction of sp³-hybridized carbons (Fsp3) is 0.733. The van der Waals surface area contributed by atoms with Gasteiger partial charge in [-0.05, 0) is 31.1 Å². The Labute approximate surface area is 120 Å².